The summed E-state index contributed by atoms with van der Waals surface area (Å²) in [4.78, 5) is 2.51. The van der Waals surface area contributed by atoms with Crippen LogP contribution in [0.25, 0.3) is 10.8 Å². The molecule has 0 unspecified atom stereocenters. The normalized spacial score (nSPS) is 15.5. The molecule has 0 saturated carbocycles. The van der Waals surface area contributed by atoms with Crippen LogP contribution < -0.4 is 4.74 Å². The second-order valence-corrected chi connectivity index (χ2v) is 6.89. The monoisotopic (exact) mass is 359 g/mol. The molecule has 1 aliphatic heterocycles. The minimum Gasteiger partial charge on any atom is -0.497 e. The lowest BCUT2D eigenvalue weighted by Gasteiger charge is -2.33. The Bertz CT molecular complexity index is 924. The van der Waals surface area contributed by atoms with E-state index in [0.29, 0.717) is 0 Å². The van der Waals surface area contributed by atoms with Crippen LogP contribution in [-0.4, -0.2) is 49.4 Å². The fourth-order valence-electron chi connectivity index (χ4n) is 3.55. The number of nitrogens with zero attached hydrogens (tertiary/aromatic N) is 3. The van der Waals surface area contributed by atoms with Crippen LogP contribution in [0.2, 0.25) is 0 Å². The van der Waals surface area contributed by atoms with Crippen LogP contribution in [0.4, 0.5) is 0 Å². The number of piperazine rings is 1. The van der Waals surface area contributed by atoms with Crippen molar-refractivity contribution in [2.24, 2.45) is 5.10 Å². The molecule has 0 N–H and O–H groups in total. The standard InChI is InChI=1S/C23H25N3O/c1-27-22-10-4-6-19(16-22)17-24-26-14-12-25(13-15-26)18-21-9-5-8-20-7-2-3-11-23(20)21/h2-11,16-17H,12-15,18H2,1H3/b24-17+. The summed E-state index contributed by atoms with van der Waals surface area (Å²) in [5.41, 5.74) is 2.47. The fourth-order valence-corrected chi connectivity index (χ4v) is 3.55. The first-order valence-electron chi connectivity index (χ1n) is 9.44. The first kappa shape index (κ1) is 17.6. The number of ether oxygens (including phenoxy) is 1. The SMILES string of the molecule is COc1cccc(/C=N/N2CCN(Cc3cccc4ccccc34)CC2)c1. The van der Waals surface area contributed by atoms with E-state index in [9.17, 15) is 0 Å². The van der Waals surface area contributed by atoms with Crippen molar-refractivity contribution in [2.75, 3.05) is 33.3 Å². The lowest BCUT2D eigenvalue weighted by atomic mass is 10.0. The molecule has 0 atom stereocenters. The molecule has 1 aliphatic rings. The van der Waals surface area contributed by atoms with Crippen LogP contribution in [0.15, 0.2) is 71.8 Å². The summed E-state index contributed by atoms with van der Waals surface area (Å²) in [6.45, 7) is 4.95. The molecule has 27 heavy (non-hydrogen) atoms. The number of hydrazone groups is 1. The zero-order valence-electron chi connectivity index (χ0n) is 15.7. The fraction of sp³-hybridized carbons (Fsp3) is 0.261. The Morgan fingerprint density at radius 3 is 2.56 bits per heavy atom. The van der Waals surface area contributed by atoms with Gasteiger partial charge in [0.25, 0.3) is 0 Å². The van der Waals surface area contributed by atoms with E-state index in [1.165, 1.54) is 16.3 Å². The van der Waals surface area contributed by atoms with Crippen molar-refractivity contribution in [3.8, 4) is 5.75 Å². The second kappa shape index (κ2) is 8.23. The van der Waals surface area contributed by atoms with Gasteiger partial charge in [0.15, 0.2) is 0 Å². The molecule has 4 rings (SSSR count). The Hall–Kier alpha value is -2.85. The van der Waals surface area contributed by atoms with Gasteiger partial charge in [0.2, 0.25) is 0 Å². The number of hydrogen-bond acceptors (Lipinski definition) is 4. The summed E-state index contributed by atoms with van der Waals surface area (Å²) in [5, 5.41) is 9.47. The van der Waals surface area contributed by atoms with Crippen LogP contribution in [0.1, 0.15) is 11.1 Å². The smallest absolute Gasteiger partial charge is 0.119 e. The maximum atomic E-state index is 5.27. The first-order chi connectivity index (χ1) is 13.3. The summed E-state index contributed by atoms with van der Waals surface area (Å²) in [6.07, 6.45) is 1.92. The van der Waals surface area contributed by atoms with E-state index in [2.05, 4.69) is 57.5 Å². The van der Waals surface area contributed by atoms with E-state index in [-0.39, 0.29) is 0 Å². The molecule has 0 aliphatic carbocycles. The second-order valence-electron chi connectivity index (χ2n) is 6.89. The maximum Gasteiger partial charge on any atom is 0.119 e. The molecule has 1 heterocycles. The van der Waals surface area contributed by atoms with Crippen molar-refractivity contribution >= 4 is 17.0 Å². The molecule has 1 saturated heterocycles. The van der Waals surface area contributed by atoms with Gasteiger partial charge in [0.05, 0.1) is 13.3 Å². The minimum absolute atomic E-state index is 0.860. The average Bonchev–Trinajstić information content (AvgIpc) is 2.74. The molecule has 0 aromatic heterocycles. The molecule has 0 amide bonds. The summed E-state index contributed by atoms with van der Waals surface area (Å²) in [5.74, 6) is 0.860. The van der Waals surface area contributed by atoms with Crippen LogP contribution in [0.5, 0.6) is 5.75 Å². The van der Waals surface area contributed by atoms with Crippen LogP contribution in [-0.2, 0) is 6.54 Å². The molecular formula is C23H25N3O. The van der Waals surface area contributed by atoms with Gasteiger partial charge in [0.1, 0.15) is 5.75 Å². The first-order valence-corrected chi connectivity index (χ1v) is 9.44. The summed E-state index contributed by atoms with van der Waals surface area (Å²) in [7, 11) is 1.69. The number of methoxy groups -OCH3 is 1. The number of hydrogen-bond donors (Lipinski definition) is 0. The van der Waals surface area contributed by atoms with Crippen molar-refractivity contribution in [1.82, 2.24) is 9.91 Å². The Kier molecular flexibility index (Phi) is 5.35. The van der Waals surface area contributed by atoms with Crippen molar-refractivity contribution in [3.05, 3.63) is 77.9 Å². The molecule has 4 nitrogen and oxygen atoms in total. The Morgan fingerprint density at radius 2 is 1.70 bits per heavy atom. The van der Waals surface area contributed by atoms with Crippen LogP contribution >= 0.6 is 0 Å². The highest BCUT2D eigenvalue weighted by molar-refractivity contribution is 5.85. The molecule has 0 spiro atoms. The molecule has 138 valence electrons. The van der Waals surface area contributed by atoms with E-state index in [4.69, 9.17) is 4.74 Å². The van der Waals surface area contributed by atoms with Crippen molar-refractivity contribution in [2.45, 2.75) is 6.54 Å². The van der Waals surface area contributed by atoms with Gasteiger partial charge in [-0.05, 0) is 34.0 Å². The third kappa shape index (κ3) is 4.29. The highest BCUT2D eigenvalue weighted by atomic mass is 16.5. The molecule has 4 heteroatoms. The van der Waals surface area contributed by atoms with Gasteiger partial charge in [-0.2, -0.15) is 5.10 Å². The van der Waals surface area contributed by atoms with Crippen molar-refractivity contribution < 1.29 is 4.74 Å². The lowest BCUT2D eigenvalue weighted by molar-refractivity contribution is 0.131. The van der Waals surface area contributed by atoms with E-state index < -0.39 is 0 Å². The van der Waals surface area contributed by atoms with E-state index >= 15 is 0 Å². The predicted octanol–water partition coefficient (Wildman–Crippen LogP) is 4.00. The summed E-state index contributed by atoms with van der Waals surface area (Å²) < 4.78 is 5.27. The summed E-state index contributed by atoms with van der Waals surface area (Å²) >= 11 is 0. The third-order valence-electron chi connectivity index (χ3n) is 5.09. The molecule has 0 bridgehead atoms. The van der Waals surface area contributed by atoms with Gasteiger partial charge in [0, 0.05) is 32.7 Å². The van der Waals surface area contributed by atoms with Gasteiger partial charge < -0.3 is 4.74 Å². The van der Waals surface area contributed by atoms with E-state index in [1.54, 1.807) is 7.11 Å². The minimum atomic E-state index is 0.860. The average molecular weight is 359 g/mol. The molecule has 3 aromatic rings. The third-order valence-corrected chi connectivity index (χ3v) is 5.09. The van der Waals surface area contributed by atoms with Gasteiger partial charge in [-0.1, -0.05) is 54.6 Å². The van der Waals surface area contributed by atoms with Gasteiger partial charge in [-0.25, -0.2) is 0 Å². The number of benzene rings is 3. The Labute approximate surface area is 160 Å². The van der Waals surface area contributed by atoms with Gasteiger partial charge >= 0.3 is 0 Å². The Morgan fingerprint density at radius 1 is 0.926 bits per heavy atom. The topological polar surface area (TPSA) is 28.1 Å². The molecular weight excluding hydrogens is 334 g/mol. The van der Waals surface area contributed by atoms with Crippen molar-refractivity contribution in [1.29, 1.82) is 0 Å². The van der Waals surface area contributed by atoms with Crippen LogP contribution in [0.3, 0.4) is 0 Å². The van der Waals surface area contributed by atoms with E-state index in [0.717, 1.165) is 44.0 Å². The number of rotatable bonds is 5. The quantitative estimate of drug-likeness (QED) is 0.645. The van der Waals surface area contributed by atoms with E-state index in [1.807, 2.05) is 30.5 Å². The van der Waals surface area contributed by atoms with Gasteiger partial charge in [-0.15, -0.1) is 0 Å². The number of fused-ring (bicyclic) bond motifs is 1. The summed E-state index contributed by atoms with van der Waals surface area (Å²) in [6, 6.07) is 23.2. The molecule has 0 radical (unpaired) electrons. The molecule has 3 aromatic carbocycles. The molecule has 1 fully saturated rings. The predicted molar refractivity (Wildman–Crippen MR) is 111 cm³/mol. The van der Waals surface area contributed by atoms with Crippen molar-refractivity contribution in [3.63, 3.8) is 0 Å². The highest BCUT2D eigenvalue weighted by Gasteiger charge is 2.16. The van der Waals surface area contributed by atoms with Crippen LogP contribution in [0, 0.1) is 0 Å². The Balaban J connectivity index is 1.35. The zero-order chi connectivity index (χ0) is 18.5. The van der Waals surface area contributed by atoms with Gasteiger partial charge in [-0.3, -0.25) is 9.91 Å². The highest BCUT2D eigenvalue weighted by Crippen LogP contribution is 2.20. The largest absolute Gasteiger partial charge is 0.497 e. The zero-order valence-corrected chi connectivity index (χ0v) is 15.7. The maximum absolute atomic E-state index is 5.27. The lowest BCUT2D eigenvalue weighted by Crippen LogP contribution is -2.43.